The number of rotatable bonds is 4. The van der Waals surface area contributed by atoms with Crippen LogP contribution in [0.25, 0.3) is 6.08 Å². The Hall–Kier alpha value is -2.61. The zero-order valence-electron chi connectivity index (χ0n) is 13.1. The summed E-state index contributed by atoms with van der Waals surface area (Å²) >= 11 is 0. The van der Waals surface area contributed by atoms with E-state index in [9.17, 15) is 9.90 Å². The van der Waals surface area contributed by atoms with Crippen LogP contribution in [0.15, 0.2) is 60.2 Å². The van der Waals surface area contributed by atoms with Crippen molar-refractivity contribution in [1.82, 2.24) is 0 Å². The van der Waals surface area contributed by atoms with Crippen LogP contribution in [-0.4, -0.2) is 10.9 Å². The number of hydrogen-bond donors (Lipinski definition) is 1. The molecule has 2 heteroatoms. The second-order valence-corrected chi connectivity index (χ2v) is 5.47. The molecule has 0 aromatic heterocycles. The summed E-state index contributed by atoms with van der Waals surface area (Å²) in [6, 6.07) is 13.5. The van der Waals surface area contributed by atoms with Gasteiger partial charge in [0.15, 0.2) is 5.78 Å². The maximum Gasteiger partial charge on any atom is 0.189 e. The summed E-state index contributed by atoms with van der Waals surface area (Å²) < 4.78 is 0. The van der Waals surface area contributed by atoms with Gasteiger partial charge in [0.2, 0.25) is 0 Å². The van der Waals surface area contributed by atoms with Gasteiger partial charge in [0.05, 0.1) is 5.56 Å². The van der Waals surface area contributed by atoms with E-state index in [1.54, 1.807) is 19.1 Å². The number of phenols is 1. The van der Waals surface area contributed by atoms with Crippen LogP contribution < -0.4 is 0 Å². The Kier molecular flexibility index (Phi) is 4.95. The van der Waals surface area contributed by atoms with Crippen LogP contribution in [0, 0.1) is 13.8 Å². The van der Waals surface area contributed by atoms with Crippen molar-refractivity contribution in [2.75, 3.05) is 0 Å². The van der Waals surface area contributed by atoms with E-state index in [2.05, 4.69) is 0 Å². The van der Waals surface area contributed by atoms with Crippen LogP contribution in [0.3, 0.4) is 0 Å². The van der Waals surface area contributed by atoms with Crippen molar-refractivity contribution in [3.8, 4) is 5.75 Å². The summed E-state index contributed by atoms with van der Waals surface area (Å²) in [5.74, 6) is -0.130. The highest BCUT2D eigenvalue weighted by atomic mass is 16.3. The molecule has 22 heavy (non-hydrogen) atoms. The van der Waals surface area contributed by atoms with Gasteiger partial charge in [-0.1, -0.05) is 54.1 Å². The number of ketones is 1. The standard InChI is InChI=1S/C20H20O2/c1-14(12-17-7-5-4-6-8-17)9-10-19(21)18-13-15(2)11-16(3)20(18)22/h4-13,22H,1-3H3/b10-9+,14-12+. The molecule has 0 atom stereocenters. The smallest absolute Gasteiger partial charge is 0.189 e. The molecule has 2 nitrogen and oxygen atoms in total. The van der Waals surface area contributed by atoms with Crippen LogP contribution in [0.5, 0.6) is 5.75 Å². The Morgan fingerprint density at radius 2 is 1.73 bits per heavy atom. The molecule has 0 bridgehead atoms. The van der Waals surface area contributed by atoms with Crippen LogP contribution in [0.4, 0.5) is 0 Å². The summed E-state index contributed by atoms with van der Waals surface area (Å²) in [5, 5.41) is 10.0. The molecule has 0 aliphatic carbocycles. The first-order valence-corrected chi connectivity index (χ1v) is 7.23. The third-order valence-corrected chi connectivity index (χ3v) is 3.40. The number of allylic oxidation sites excluding steroid dienone is 3. The van der Waals surface area contributed by atoms with Crippen LogP contribution in [0.1, 0.15) is 34.0 Å². The number of phenolic OH excluding ortho intramolecular Hbond substituents is 1. The lowest BCUT2D eigenvalue weighted by atomic mass is 10.0. The number of carbonyl (C=O) groups excluding carboxylic acids is 1. The predicted molar refractivity (Wildman–Crippen MR) is 91.1 cm³/mol. The third-order valence-electron chi connectivity index (χ3n) is 3.40. The first kappa shape index (κ1) is 15.8. The molecule has 0 spiro atoms. The Morgan fingerprint density at radius 3 is 2.41 bits per heavy atom. The van der Waals surface area contributed by atoms with E-state index in [4.69, 9.17) is 0 Å². The summed E-state index contributed by atoms with van der Waals surface area (Å²) in [7, 11) is 0. The van der Waals surface area contributed by atoms with Crippen LogP contribution in [-0.2, 0) is 0 Å². The van der Waals surface area contributed by atoms with Gasteiger partial charge >= 0.3 is 0 Å². The number of hydrogen-bond acceptors (Lipinski definition) is 2. The molecule has 0 fully saturated rings. The van der Waals surface area contributed by atoms with E-state index >= 15 is 0 Å². The van der Waals surface area contributed by atoms with Gasteiger partial charge in [0.1, 0.15) is 5.75 Å². The lowest BCUT2D eigenvalue weighted by Crippen LogP contribution is -1.97. The molecule has 0 radical (unpaired) electrons. The van der Waals surface area contributed by atoms with Crippen LogP contribution in [0.2, 0.25) is 0 Å². The maximum atomic E-state index is 12.3. The molecule has 0 unspecified atom stereocenters. The molecule has 0 aliphatic heterocycles. The average molecular weight is 292 g/mol. The number of aromatic hydroxyl groups is 1. The number of carbonyl (C=O) groups is 1. The normalized spacial score (nSPS) is 11.9. The molecule has 0 aliphatic rings. The Labute approximate surface area is 131 Å². The zero-order chi connectivity index (χ0) is 16.1. The van der Waals surface area contributed by atoms with Crippen molar-refractivity contribution in [3.05, 3.63) is 82.4 Å². The molecular weight excluding hydrogens is 272 g/mol. The number of benzene rings is 2. The third kappa shape index (κ3) is 3.95. The Morgan fingerprint density at radius 1 is 1.05 bits per heavy atom. The molecule has 2 rings (SSSR count). The van der Waals surface area contributed by atoms with E-state index in [0.29, 0.717) is 11.1 Å². The van der Waals surface area contributed by atoms with Crippen molar-refractivity contribution >= 4 is 11.9 Å². The average Bonchev–Trinajstić information content (AvgIpc) is 2.49. The van der Waals surface area contributed by atoms with Crippen LogP contribution >= 0.6 is 0 Å². The lowest BCUT2D eigenvalue weighted by molar-refractivity contribution is 0.104. The summed E-state index contributed by atoms with van der Waals surface area (Å²) in [6.07, 6.45) is 5.28. The van der Waals surface area contributed by atoms with Gasteiger partial charge in [-0.3, -0.25) is 4.79 Å². The fraction of sp³-hybridized carbons (Fsp3) is 0.150. The Bertz CT molecular complexity index is 738. The van der Waals surface area contributed by atoms with E-state index in [1.165, 1.54) is 6.08 Å². The zero-order valence-corrected chi connectivity index (χ0v) is 13.1. The molecule has 0 amide bonds. The number of aryl methyl sites for hydroxylation is 2. The minimum absolute atomic E-state index is 0.0601. The SMILES string of the molecule is CC(/C=C/C(=O)c1cc(C)cc(C)c1O)=C\c1ccccc1. The molecule has 0 heterocycles. The van der Waals surface area contributed by atoms with Gasteiger partial charge in [0.25, 0.3) is 0 Å². The largest absolute Gasteiger partial charge is 0.507 e. The topological polar surface area (TPSA) is 37.3 Å². The first-order valence-electron chi connectivity index (χ1n) is 7.23. The van der Waals surface area contributed by atoms with Crippen molar-refractivity contribution in [2.24, 2.45) is 0 Å². The van der Waals surface area contributed by atoms with E-state index in [1.807, 2.05) is 56.3 Å². The van der Waals surface area contributed by atoms with Crippen molar-refractivity contribution in [2.45, 2.75) is 20.8 Å². The minimum Gasteiger partial charge on any atom is -0.507 e. The maximum absolute atomic E-state index is 12.3. The van der Waals surface area contributed by atoms with Gasteiger partial charge in [-0.25, -0.2) is 0 Å². The van der Waals surface area contributed by atoms with Gasteiger partial charge < -0.3 is 5.11 Å². The molecule has 0 saturated carbocycles. The Balaban J connectivity index is 2.20. The molecule has 112 valence electrons. The second kappa shape index (κ2) is 6.90. The quantitative estimate of drug-likeness (QED) is 0.497. The van der Waals surface area contributed by atoms with Gasteiger partial charge in [-0.15, -0.1) is 0 Å². The predicted octanol–water partition coefficient (Wildman–Crippen LogP) is 4.85. The van der Waals surface area contributed by atoms with E-state index in [-0.39, 0.29) is 11.5 Å². The molecule has 1 N–H and O–H groups in total. The van der Waals surface area contributed by atoms with Crippen molar-refractivity contribution < 1.29 is 9.90 Å². The molecular formula is C20H20O2. The first-order chi connectivity index (χ1) is 10.5. The summed E-state index contributed by atoms with van der Waals surface area (Å²) in [4.78, 5) is 12.3. The van der Waals surface area contributed by atoms with Gasteiger partial charge in [-0.05, 0) is 49.6 Å². The summed E-state index contributed by atoms with van der Waals surface area (Å²) in [5.41, 5.74) is 4.09. The fourth-order valence-corrected chi connectivity index (χ4v) is 2.30. The van der Waals surface area contributed by atoms with Gasteiger partial charge in [0, 0.05) is 0 Å². The molecule has 2 aromatic rings. The summed E-state index contributed by atoms with van der Waals surface area (Å²) in [6.45, 7) is 5.65. The van der Waals surface area contributed by atoms with E-state index in [0.717, 1.165) is 16.7 Å². The minimum atomic E-state index is -0.190. The molecule has 0 saturated heterocycles. The van der Waals surface area contributed by atoms with Crippen molar-refractivity contribution in [3.63, 3.8) is 0 Å². The fourth-order valence-electron chi connectivity index (χ4n) is 2.30. The highest BCUT2D eigenvalue weighted by molar-refractivity contribution is 6.07. The van der Waals surface area contributed by atoms with Crippen molar-refractivity contribution in [1.29, 1.82) is 0 Å². The molecule has 2 aromatic carbocycles. The monoisotopic (exact) mass is 292 g/mol. The van der Waals surface area contributed by atoms with E-state index < -0.39 is 0 Å². The lowest BCUT2D eigenvalue weighted by Gasteiger charge is -2.06. The highest BCUT2D eigenvalue weighted by Crippen LogP contribution is 2.24. The van der Waals surface area contributed by atoms with Gasteiger partial charge in [-0.2, -0.15) is 0 Å². The second-order valence-electron chi connectivity index (χ2n) is 5.47. The highest BCUT2D eigenvalue weighted by Gasteiger charge is 2.11.